The van der Waals surface area contributed by atoms with Gasteiger partial charge < -0.3 is 20.7 Å². The maximum absolute atomic E-state index is 9.74. The quantitative estimate of drug-likeness (QED) is 0.740. The molecule has 1 aliphatic heterocycles. The van der Waals surface area contributed by atoms with Gasteiger partial charge in [0.2, 0.25) is 0 Å². The largest absolute Gasteiger partial charge is 0.508 e. The van der Waals surface area contributed by atoms with E-state index in [9.17, 15) is 10.2 Å². The summed E-state index contributed by atoms with van der Waals surface area (Å²) >= 11 is 0. The molecule has 1 aliphatic rings. The van der Waals surface area contributed by atoms with Crippen LogP contribution in [0.1, 0.15) is 11.1 Å². The van der Waals surface area contributed by atoms with Crippen molar-refractivity contribution >= 4 is 11.6 Å². The Labute approximate surface area is 146 Å². The molecule has 0 saturated heterocycles. The van der Waals surface area contributed by atoms with E-state index in [0.717, 1.165) is 22.3 Å². The van der Waals surface area contributed by atoms with Crippen molar-refractivity contribution in [2.45, 2.75) is 6.10 Å². The molecule has 2 aromatic rings. The smallest absolute Gasteiger partial charge is 0.150 e. The Morgan fingerprint density at radius 1 is 1.08 bits per heavy atom. The van der Waals surface area contributed by atoms with Gasteiger partial charge in [-0.25, -0.2) is 0 Å². The minimum atomic E-state index is -0.420. The van der Waals surface area contributed by atoms with E-state index in [2.05, 4.69) is 6.58 Å². The van der Waals surface area contributed by atoms with Gasteiger partial charge in [-0.15, -0.1) is 0 Å². The Morgan fingerprint density at radius 3 is 2.48 bits per heavy atom. The molecule has 1 unspecified atom stereocenters. The second-order valence-corrected chi connectivity index (χ2v) is 5.63. The summed E-state index contributed by atoms with van der Waals surface area (Å²) in [5.41, 5.74) is 9.12. The second-order valence-electron chi connectivity index (χ2n) is 5.63. The Balaban J connectivity index is 2.16. The Morgan fingerprint density at radius 2 is 1.80 bits per heavy atom. The predicted octanol–water partition coefficient (Wildman–Crippen LogP) is 3.98. The average molecular weight is 333 g/mol. The highest BCUT2D eigenvalue weighted by molar-refractivity contribution is 5.89. The summed E-state index contributed by atoms with van der Waals surface area (Å²) < 4.78 is 6.16. The number of aromatic hydroxyl groups is 2. The van der Waals surface area contributed by atoms with Gasteiger partial charge in [0.15, 0.2) is 0 Å². The van der Waals surface area contributed by atoms with Gasteiger partial charge in [-0.1, -0.05) is 30.9 Å². The van der Waals surface area contributed by atoms with Crippen molar-refractivity contribution < 1.29 is 14.9 Å². The maximum Gasteiger partial charge on any atom is 0.150 e. The summed E-state index contributed by atoms with van der Waals surface area (Å²) in [6, 6.07) is 11.9. The first kappa shape index (κ1) is 16.5. The van der Waals surface area contributed by atoms with Crippen LogP contribution >= 0.6 is 0 Å². The topological polar surface area (TPSA) is 75.7 Å². The molecule has 0 aromatic heterocycles. The molecule has 4 N–H and O–H groups in total. The molecule has 3 rings (SSSR count). The van der Waals surface area contributed by atoms with Crippen molar-refractivity contribution in [3.05, 3.63) is 90.2 Å². The van der Waals surface area contributed by atoms with E-state index in [1.165, 1.54) is 6.20 Å². The first-order chi connectivity index (χ1) is 12.1. The van der Waals surface area contributed by atoms with Crippen LogP contribution in [-0.4, -0.2) is 16.3 Å². The zero-order chi connectivity index (χ0) is 17.8. The Hall–Kier alpha value is -3.40. The minimum absolute atomic E-state index is 0.141. The number of ether oxygens (including phenoxy) is 1. The van der Waals surface area contributed by atoms with Gasteiger partial charge in [-0.3, -0.25) is 0 Å². The molecule has 4 nitrogen and oxygen atoms in total. The highest BCUT2D eigenvalue weighted by atomic mass is 16.5. The van der Waals surface area contributed by atoms with Crippen LogP contribution in [0.5, 0.6) is 17.2 Å². The number of phenols is 2. The van der Waals surface area contributed by atoms with Crippen LogP contribution in [0.3, 0.4) is 0 Å². The molecule has 4 heteroatoms. The van der Waals surface area contributed by atoms with E-state index in [1.807, 2.05) is 24.3 Å². The summed E-state index contributed by atoms with van der Waals surface area (Å²) in [5.74, 6) is 0.933. The number of benzene rings is 2. The van der Waals surface area contributed by atoms with Crippen molar-refractivity contribution in [3.8, 4) is 17.2 Å². The lowest BCUT2D eigenvalue weighted by atomic mass is 9.90. The summed E-state index contributed by atoms with van der Waals surface area (Å²) in [4.78, 5) is 0. The molecule has 2 aromatic carbocycles. The van der Waals surface area contributed by atoms with E-state index < -0.39 is 6.10 Å². The fourth-order valence-corrected chi connectivity index (χ4v) is 2.79. The van der Waals surface area contributed by atoms with E-state index in [4.69, 9.17) is 10.5 Å². The standard InChI is InChI=1S/C21H19NO3/c1-2-3-15(10-11-22)21-19(14-4-7-17(23)8-5-14)12-16-6-9-18(24)13-20(16)25-21/h2-13,21,23-24H,1,22H2/b11-10-,15-3+. The third-order valence-corrected chi connectivity index (χ3v) is 3.94. The SMILES string of the molecule is C=C/C=C(\C=C/N)C1Oc2cc(O)ccc2C=C1c1ccc(O)cc1. The number of phenolic OH excluding ortho intramolecular Hbond substituents is 2. The summed E-state index contributed by atoms with van der Waals surface area (Å²) in [5, 5.41) is 19.3. The van der Waals surface area contributed by atoms with E-state index in [-0.39, 0.29) is 11.5 Å². The summed E-state index contributed by atoms with van der Waals surface area (Å²) in [6.45, 7) is 3.75. The van der Waals surface area contributed by atoms with Crippen LogP contribution < -0.4 is 10.5 Å². The molecular weight excluding hydrogens is 314 g/mol. The van der Waals surface area contributed by atoms with E-state index in [1.54, 1.807) is 42.5 Å². The summed E-state index contributed by atoms with van der Waals surface area (Å²) in [6.07, 6.45) is 8.30. The first-order valence-corrected chi connectivity index (χ1v) is 7.84. The Kier molecular flexibility index (Phi) is 4.61. The molecule has 0 fully saturated rings. The zero-order valence-electron chi connectivity index (χ0n) is 13.6. The lowest BCUT2D eigenvalue weighted by Crippen LogP contribution is -2.23. The monoisotopic (exact) mass is 333 g/mol. The zero-order valence-corrected chi connectivity index (χ0v) is 13.6. The molecule has 1 heterocycles. The summed E-state index contributed by atoms with van der Waals surface area (Å²) in [7, 11) is 0. The molecule has 0 aliphatic carbocycles. The lowest BCUT2D eigenvalue weighted by Gasteiger charge is -2.28. The average Bonchev–Trinajstić information content (AvgIpc) is 2.61. The predicted molar refractivity (Wildman–Crippen MR) is 100 cm³/mol. The number of fused-ring (bicyclic) bond motifs is 1. The van der Waals surface area contributed by atoms with Crippen LogP contribution in [0.25, 0.3) is 11.6 Å². The van der Waals surface area contributed by atoms with Crippen LogP contribution in [0, 0.1) is 0 Å². The normalized spacial score (nSPS) is 16.9. The molecule has 1 atom stereocenters. The van der Waals surface area contributed by atoms with Gasteiger partial charge in [0.25, 0.3) is 0 Å². The van der Waals surface area contributed by atoms with Crippen LogP contribution in [0.4, 0.5) is 0 Å². The molecular formula is C21H19NO3. The third-order valence-electron chi connectivity index (χ3n) is 3.94. The number of allylic oxidation sites excluding steroid dienone is 2. The van der Waals surface area contributed by atoms with Gasteiger partial charge in [0.1, 0.15) is 23.4 Å². The van der Waals surface area contributed by atoms with Gasteiger partial charge in [0.05, 0.1) is 0 Å². The van der Waals surface area contributed by atoms with E-state index in [0.29, 0.717) is 5.75 Å². The molecule has 0 amide bonds. The minimum Gasteiger partial charge on any atom is -0.508 e. The van der Waals surface area contributed by atoms with Crippen LogP contribution in [-0.2, 0) is 0 Å². The van der Waals surface area contributed by atoms with Crippen molar-refractivity contribution in [1.82, 2.24) is 0 Å². The Bertz CT molecular complexity index is 877. The van der Waals surface area contributed by atoms with Crippen molar-refractivity contribution in [3.63, 3.8) is 0 Å². The van der Waals surface area contributed by atoms with Crippen molar-refractivity contribution in [2.75, 3.05) is 0 Å². The van der Waals surface area contributed by atoms with Gasteiger partial charge >= 0.3 is 0 Å². The van der Waals surface area contributed by atoms with Crippen molar-refractivity contribution in [2.24, 2.45) is 5.73 Å². The second kappa shape index (κ2) is 7.01. The third kappa shape index (κ3) is 3.43. The molecule has 126 valence electrons. The lowest BCUT2D eigenvalue weighted by molar-refractivity contribution is 0.291. The highest BCUT2D eigenvalue weighted by Crippen LogP contribution is 2.39. The fourth-order valence-electron chi connectivity index (χ4n) is 2.79. The highest BCUT2D eigenvalue weighted by Gasteiger charge is 2.26. The fraction of sp³-hybridized carbons (Fsp3) is 0.0476. The van der Waals surface area contributed by atoms with Gasteiger partial charge in [0, 0.05) is 17.2 Å². The van der Waals surface area contributed by atoms with Crippen LogP contribution in [0.15, 0.2) is 79.0 Å². The first-order valence-electron chi connectivity index (χ1n) is 7.84. The molecule has 0 bridgehead atoms. The molecule has 0 saturated carbocycles. The van der Waals surface area contributed by atoms with Gasteiger partial charge in [-0.2, -0.15) is 0 Å². The van der Waals surface area contributed by atoms with Gasteiger partial charge in [-0.05, 0) is 53.8 Å². The van der Waals surface area contributed by atoms with Crippen molar-refractivity contribution in [1.29, 1.82) is 0 Å². The van der Waals surface area contributed by atoms with Crippen LogP contribution in [0.2, 0.25) is 0 Å². The number of hydrogen-bond donors (Lipinski definition) is 3. The number of nitrogens with two attached hydrogens (primary N) is 1. The number of hydrogen-bond acceptors (Lipinski definition) is 4. The molecule has 0 radical (unpaired) electrons. The maximum atomic E-state index is 9.74. The number of rotatable bonds is 4. The molecule has 0 spiro atoms. The van der Waals surface area contributed by atoms with E-state index >= 15 is 0 Å². The molecule has 25 heavy (non-hydrogen) atoms.